The Balaban J connectivity index is 2.64. The molecule has 0 aliphatic heterocycles. The van der Waals surface area contributed by atoms with E-state index in [4.69, 9.17) is 15.9 Å². The Morgan fingerprint density at radius 1 is 1.50 bits per heavy atom. The number of rotatable bonds is 4. The van der Waals surface area contributed by atoms with Crippen LogP contribution in [-0.4, -0.2) is 17.4 Å². The molecule has 0 saturated heterocycles. The van der Waals surface area contributed by atoms with Gasteiger partial charge in [-0.25, -0.2) is 4.98 Å². The van der Waals surface area contributed by atoms with Crippen LogP contribution < -0.4 is 10.5 Å². The quantitative estimate of drug-likeness (QED) is 0.604. The third kappa shape index (κ3) is 3.88. The molecule has 0 amide bonds. The molecule has 1 aromatic heterocycles. The molecular formula is C12H19N3O. The van der Waals surface area contributed by atoms with E-state index in [1.807, 2.05) is 0 Å². The van der Waals surface area contributed by atoms with Crippen LogP contribution in [-0.2, 0) is 0 Å². The second-order valence-corrected chi connectivity index (χ2v) is 4.93. The average molecular weight is 221 g/mol. The van der Waals surface area contributed by atoms with Crippen molar-refractivity contribution in [3.63, 3.8) is 0 Å². The van der Waals surface area contributed by atoms with Crippen molar-refractivity contribution in [1.29, 1.82) is 5.41 Å². The molecular weight excluding hydrogens is 202 g/mol. The molecule has 3 N–H and O–H groups in total. The Morgan fingerprint density at radius 3 is 2.75 bits per heavy atom. The lowest BCUT2D eigenvalue weighted by Gasteiger charge is -2.18. The van der Waals surface area contributed by atoms with Gasteiger partial charge in [0.25, 0.3) is 0 Å². The minimum absolute atomic E-state index is 0.0149. The minimum Gasteiger partial charge on any atom is -0.477 e. The zero-order valence-electron chi connectivity index (χ0n) is 10.1. The normalized spacial score (nSPS) is 11.2. The number of pyridine rings is 1. The zero-order valence-corrected chi connectivity index (χ0v) is 10.1. The van der Waals surface area contributed by atoms with E-state index in [9.17, 15) is 0 Å². The number of nitrogen functional groups attached to an aromatic ring is 1. The van der Waals surface area contributed by atoms with Gasteiger partial charge in [0.2, 0.25) is 5.88 Å². The maximum atomic E-state index is 7.39. The number of aromatic nitrogens is 1. The van der Waals surface area contributed by atoms with E-state index in [1.165, 1.54) is 0 Å². The minimum atomic E-state index is -0.0149. The summed E-state index contributed by atoms with van der Waals surface area (Å²) in [7, 11) is 0. The van der Waals surface area contributed by atoms with Crippen molar-refractivity contribution in [2.24, 2.45) is 11.1 Å². The highest BCUT2D eigenvalue weighted by Crippen LogP contribution is 2.20. The van der Waals surface area contributed by atoms with Crippen LogP contribution in [0.4, 0.5) is 0 Å². The number of nitrogens with one attached hydrogen (secondary N) is 1. The molecule has 4 heteroatoms. The van der Waals surface area contributed by atoms with Gasteiger partial charge in [-0.1, -0.05) is 20.8 Å². The Labute approximate surface area is 96.3 Å². The van der Waals surface area contributed by atoms with Crippen molar-refractivity contribution >= 4 is 5.84 Å². The summed E-state index contributed by atoms with van der Waals surface area (Å²) < 4.78 is 5.54. The summed E-state index contributed by atoms with van der Waals surface area (Å²) in [5.41, 5.74) is 6.21. The zero-order chi connectivity index (χ0) is 12.2. The largest absolute Gasteiger partial charge is 0.477 e. The van der Waals surface area contributed by atoms with Gasteiger partial charge in [0, 0.05) is 6.20 Å². The summed E-state index contributed by atoms with van der Waals surface area (Å²) in [5.74, 6) is 0.429. The number of amidine groups is 1. The molecule has 16 heavy (non-hydrogen) atoms. The molecule has 0 fully saturated rings. The van der Waals surface area contributed by atoms with Crippen LogP contribution in [0.5, 0.6) is 5.88 Å². The summed E-state index contributed by atoms with van der Waals surface area (Å²) in [6.45, 7) is 7.04. The molecule has 0 radical (unpaired) electrons. The monoisotopic (exact) mass is 221 g/mol. The summed E-state index contributed by atoms with van der Waals surface area (Å²) in [6, 6.07) is 3.48. The molecule has 88 valence electrons. The molecule has 0 atom stereocenters. The molecule has 0 aliphatic rings. The Kier molecular flexibility index (Phi) is 3.88. The van der Waals surface area contributed by atoms with Gasteiger partial charge in [-0.15, -0.1) is 0 Å². The summed E-state index contributed by atoms with van der Waals surface area (Å²) in [4.78, 5) is 4.08. The second-order valence-electron chi connectivity index (χ2n) is 4.93. The van der Waals surface area contributed by atoms with E-state index in [0.29, 0.717) is 18.1 Å². The first kappa shape index (κ1) is 12.5. The first-order chi connectivity index (χ1) is 7.40. The average Bonchev–Trinajstić information content (AvgIpc) is 2.16. The maximum absolute atomic E-state index is 7.39. The van der Waals surface area contributed by atoms with Crippen LogP contribution in [0.3, 0.4) is 0 Å². The van der Waals surface area contributed by atoms with Crippen LogP contribution in [0.25, 0.3) is 0 Å². The molecule has 1 aromatic rings. The lowest BCUT2D eigenvalue weighted by atomic mass is 9.93. The highest BCUT2D eigenvalue weighted by Gasteiger charge is 2.12. The van der Waals surface area contributed by atoms with Crippen LogP contribution in [0.15, 0.2) is 18.3 Å². The van der Waals surface area contributed by atoms with E-state index in [-0.39, 0.29) is 11.3 Å². The van der Waals surface area contributed by atoms with E-state index < -0.39 is 0 Å². The van der Waals surface area contributed by atoms with Crippen molar-refractivity contribution in [3.05, 3.63) is 23.9 Å². The van der Waals surface area contributed by atoms with E-state index >= 15 is 0 Å². The molecule has 0 unspecified atom stereocenters. The van der Waals surface area contributed by atoms with Crippen molar-refractivity contribution in [1.82, 2.24) is 4.98 Å². The fourth-order valence-electron chi connectivity index (χ4n) is 1.16. The highest BCUT2D eigenvalue weighted by atomic mass is 16.5. The number of ether oxygens (including phenoxy) is 1. The van der Waals surface area contributed by atoms with Gasteiger partial charge in [-0.2, -0.15) is 0 Å². The number of hydrogen-bond donors (Lipinski definition) is 2. The first-order valence-electron chi connectivity index (χ1n) is 5.32. The highest BCUT2D eigenvalue weighted by molar-refractivity contribution is 5.96. The van der Waals surface area contributed by atoms with Crippen LogP contribution >= 0.6 is 0 Å². The summed E-state index contributed by atoms with van der Waals surface area (Å²) >= 11 is 0. The SMILES string of the molecule is CC(C)(C)CCOc1ncccc1C(=N)N. The maximum Gasteiger partial charge on any atom is 0.224 e. The van der Waals surface area contributed by atoms with Crippen molar-refractivity contribution in [2.75, 3.05) is 6.61 Å². The first-order valence-corrected chi connectivity index (χ1v) is 5.32. The Bertz CT molecular complexity index is 369. The van der Waals surface area contributed by atoms with Gasteiger partial charge in [0.15, 0.2) is 0 Å². The molecule has 0 bridgehead atoms. The number of nitrogens with zero attached hydrogens (tertiary/aromatic N) is 1. The third-order valence-corrected chi connectivity index (χ3v) is 2.15. The van der Waals surface area contributed by atoms with Gasteiger partial charge in [0.1, 0.15) is 5.84 Å². The van der Waals surface area contributed by atoms with Gasteiger partial charge < -0.3 is 10.5 Å². The standard InChI is InChI=1S/C12H19N3O/c1-12(2,3)6-8-16-11-9(10(13)14)5-4-7-15-11/h4-5,7H,6,8H2,1-3H3,(H3,13,14). The lowest BCUT2D eigenvalue weighted by Crippen LogP contribution is -2.16. The number of nitrogens with two attached hydrogens (primary N) is 1. The molecule has 1 rings (SSSR count). The van der Waals surface area contributed by atoms with Gasteiger partial charge >= 0.3 is 0 Å². The molecule has 0 aliphatic carbocycles. The Morgan fingerprint density at radius 2 is 2.19 bits per heavy atom. The van der Waals surface area contributed by atoms with Gasteiger partial charge in [-0.3, -0.25) is 5.41 Å². The van der Waals surface area contributed by atoms with Gasteiger partial charge in [0.05, 0.1) is 12.2 Å². The second kappa shape index (κ2) is 4.96. The fraction of sp³-hybridized carbons (Fsp3) is 0.500. The van der Waals surface area contributed by atoms with Crippen LogP contribution in [0, 0.1) is 10.8 Å². The lowest BCUT2D eigenvalue weighted by molar-refractivity contribution is 0.236. The summed E-state index contributed by atoms with van der Waals surface area (Å²) in [6.07, 6.45) is 2.57. The fourth-order valence-corrected chi connectivity index (χ4v) is 1.16. The van der Waals surface area contributed by atoms with Crippen molar-refractivity contribution in [2.45, 2.75) is 27.2 Å². The van der Waals surface area contributed by atoms with Crippen LogP contribution in [0.1, 0.15) is 32.8 Å². The third-order valence-electron chi connectivity index (χ3n) is 2.15. The van der Waals surface area contributed by atoms with Crippen molar-refractivity contribution < 1.29 is 4.74 Å². The van der Waals surface area contributed by atoms with Crippen molar-refractivity contribution in [3.8, 4) is 5.88 Å². The molecule has 4 nitrogen and oxygen atoms in total. The molecule has 0 aromatic carbocycles. The molecule has 1 heterocycles. The van der Waals surface area contributed by atoms with Crippen LogP contribution in [0.2, 0.25) is 0 Å². The predicted octanol–water partition coefficient (Wildman–Crippen LogP) is 2.18. The Hall–Kier alpha value is -1.58. The van der Waals surface area contributed by atoms with E-state index in [0.717, 1.165) is 6.42 Å². The topological polar surface area (TPSA) is 72.0 Å². The molecule has 0 saturated carbocycles. The van der Waals surface area contributed by atoms with Gasteiger partial charge in [-0.05, 0) is 24.0 Å². The predicted molar refractivity (Wildman–Crippen MR) is 64.8 cm³/mol. The van der Waals surface area contributed by atoms with E-state index in [2.05, 4.69) is 25.8 Å². The number of hydrogen-bond acceptors (Lipinski definition) is 3. The summed E-state index contributed by atoms with van der Waals surface area (Å²) in [5, 5.41) is 7.39. The van der Waals surface area contributed by atoms with E-state index in [1.54, 1.807) is 18.3 Å². The smallest absolute Gasteiger partial charge is 0.224 e. The molecule has 0 spiro atoms.